The van der Waals surface area contributed by atoms with Gasteiger partial charge in [0.2, 0.25) is 11.8 Å². The molecular formula is C14H13NO3. The van der Waals surface area contributed by atoms with Crippen LogP contribution in [0.2, 0.25) is 0 Å². The quantitative estimate of drug-likeness (QED) is 0.614. The Bertz CT molecular complexity index is 506. The van der Waals surface area contributed by atoms with Crippen LogP contribution in [-0.4, -0.2) is 28.4 Å². The number of aliphatic hydroxyl groups excluding tert-OH is 1. The van der Waals surface area contributed by atoms with Gasteiger partial charge in [-0.1, -0.05) is 24.0 Å². The van der Waals surface area contributed by atoms with Gasteiger partial charge in [-0.2, -0.15) is 0 Å². The van der Waals surface area contributed by atoms with Crippen LogP contribution in [0.25, 0.3) is 0 Å². The second-order valence-corrected chi connectivity index (χ2v) is 4.03. The van der Waals surface area contributed by atoms with Crippen LogP contribution in [0.1, 0.15) is 24.0 Å². The van der Waals surface area contributed by atoms with Gasteiger partial charge in [-0.05, 0) is 17.7 Å². The van der Waals surface area contributed by atoms with Gasteiger partial charge in [-0.25, -0.2) is 0 Å². The molecule has 1 aliphatic heterocycles. The van der Waals surface area contributed by atoms with Gasteiger partial charge >= 0.3 is 0 Å². The Morgan fingerprint density at radius 1 is 1.11 bits per heavy atom. The number of hydrogen-bond acceptors (Lipinski definition) is 3. The molecule has 0 saturated carbocycles. The number of nitrogens with zero attached hydrogens (tertiary/aromatic N) is 1. The number of imide groups is 1. The van der Waals surface area contributed by atoms with E-state index >= 15 is 0 Å². The standard InChI is InChI=1S/C14H13NO3/c16-9-1-2-11-3-5-12(6-4-11)10-15-13(17)7-8-14(15)18/h3-6,16H,7-10H2. The summed E-state index contributed by atoms with van der Waals surface area (Å²) < 4.78 is 0. The first-order chi connectivity index (χ1) is 8.70. The highest BCUT2D eigenvalue weighted by molar-refractivity contribution is 6.01. The van der Waals surface area contributed by atoms with Crippen molar-refractivity contribution < 1.29 is 14.7 Å². The molecule has 1 saturated heterocycles. The second kappa shape index (κ2) is 5.48. The molecule has 0 aromatic heterocycles. The molecule has 0 aliphatic carbocycles. The molecule has 0 spiro atoms. The van der Waals surface area contributed by atoms with Gasteiger partial charge in [0.1, 0.15) is 6.61 Å². The summed E-state index contributed by atoms with van der Waals surface area (Å²) in [5, 5.41) is 8.57. The van der Waals surface area contributed by atoms with Gasteiger partial charge in [0.25, 0.3) is 0 Å². The highest BCUT2D eigenvalue weighted by atomic mass is 16.2. The van der Waals surface area contributed by atoms with Gasteiger partial charge in [-0.15, -0.1) is 0 Å². The molecule has 2 rings (SSSR count). The number of hydrogen-bond donors (Lipinski definition) is 1. The van der Waals surface area contributed by atoms with Crippen LogP contribution in [0.15, 0.2) is 24.3 Å². The third-order valence-corrected chi connectivity index (χ3v) is 2.76. The lowest BCUT2D eigenvalue weighted by atomic mass is 10.1. The Hall–Kier alpha value is -2.12. The molecule has 1 N–H and O–H groups in total. The topological polar surface area (TPSA) is 57.6 Å². The van der Waals surface area contributed by atoms with E-state index in [9.17, 15) is 9.59 Å². The molecule has 1 heterocycles. The number of rotatable bonds is 2. The van der Waals surface area contributed by atoms with Crippen LogP contribution >= 0.6 is 0 Å². The SMILES string of the molecule is O=C1CCC(=O)N1Cc1ccc(C#CCO)cc1. The highest BCUT2D eigenvalue weighted by Gasteiger charge is 2.28. The maximum absolute atomic E-state index is 11.5. The number of carbonyl (C=O) groups is 2. The van der Waals surface area contributed by atoms with Crippen LogP contribution in [-0.2, 0) is 16.1 Å². The zero-order valence-corrected chi connectivity index (χ0v) is 9.85. The van der Waals surface area contributed by atoms with Crippen LogP contribution in [0.3, 0.4) is 0 Å². The first-order valence-corrected chi connectivity index (χ1v) is 5.72. The molecule has 1 aromatic rings. The Kier molecular flexibility index (Phi) is 3.75. The number of aliphatic hydroxyl groups is 1. The molecule has 2 amide bonds. The zero-order valence-electron chi connectivity index (χ0n) is 9.85. The Morgan fingerprint density at radius 2 is 1.72 bits per heavy atom. The molecule has 92 valence electrons. The summed E-state index contributed by atoms with van der Waals surface area (Å²) in [6.45, 7) is 0.157. The molecule has 0 radical (unpaired) electrons. The molecule has 0 atom stereocenters. The fourth-order valence-electron chi connectivity index (χ4n) is 1.82. The van der Waals surface area contributed by atoms with Crippen molar-refractivity contribution in [2.45, 2.75) is 19.4 Å². The van der Waals surface area contributed by atoms with Gasteiger partial charge < -0.3 is 5.11 Å². The number of benzene rings is 1. The minimum absolute atomic E-state index is 0.107. The molecule has 0 unspecified atom stereocenters. The summed E-state index contributed by atoms with van der Waals surface area (Å²) in [6, 6.07) is 7.28. The van der Waals surface area contributed by atoms with Gasteiger partial charge in [-0.3, -0.25) is 14.5 Å². The van der Waals surface area contributed by atoms with Crippen LogP contribution in [0.5, 0.6) is 0 Å². The van der Waals surface area contributed by atoms with Crippen molar-refractivity contribution in [1.29, 1.82) is 0 Å². The number of amides is 2. The summed E-state index contributed by atoms with van der Waals surface area (Å²) >= 11 is 0. The zero-order chi connectivity index (χ0) is 13.0. The fraction of sp³-hybridized carbons (Fsp3) is 0.286. The lowest BCUT2D eigenvalue weighted by Gasteiger charge is -2.13. The first-order valence-electron chi connectivity index (χ1n) is 5.72. The number of carbonyl (C=O) groups excluding carboxylic acids is 2. The predicted octanol–water partition coefficient (Wildman–Crippen LogP) is 0.679. The van der Waals surface area contributed by atoms with Crippen molar-refractivity contribution >= 4 is 11.8 Å². The summed E-state index contributed by atoms with van der Waals surface area (Å²) in [7, 11) is 0. The lowest BCUT2D eigenvalue weighted by Crippen LogP contribution is -2.28. The molecule has 4 nitrogen and oxygen atoms in total. The van der Waals surface area contributed by atoms with E-state index < -0.39 is 0 Å². The van der Waals surface area contributed by atoms with Crippen molar-refractivity contribution in [1.82, 2.24) is 4.90 Å². The van der Waals surface area contributed by atoms with Gasteiger partial charge in [0.05, 0.1) is 6.54 Å². The number of likely N-dealkylation sites (tertiary alicyclic amines) is 1. The highest BCUT2D eigenvalue weighted by Crippen LogP contribution is 2.15. The van der Waals surface area contributed by atoms with Crippen LogP contribution in [0.4, 0.5) is 0 Å². The van der Waals surface area contributed by atoms with Crippen molar-refractivity contribution in [3.8, 4) is 11.8 Å². The van der Waals surface area contributed by atoms with E-state index in [1.54, 1.807) is 0 Å². The van der Waals surface area contributed by atoms with E-state index in [2.05, 4.69) is 11.8 Å². The maximum Gasteiger partial charge on any atom is 0.229 e. The summed E-state index contributed by atoms with van der Waals surface area (Å²) in [4.78, 5) is 24.2. The average molecular weight is 243 g/mol. The van der Waals surface area contributed by atoms with E-state index in [0.717, 1.165) is 11.1 Å². The van der Waals surface area contributed by atoms with E-state index in [1.807, 2.05) is 24.3 Å². The van der Waals surface area contributed by atoms with Crippen LogP contribution in [0, 0.1) is 11.8 Å². The van der Waals surface area contributed by atoms with Crippen molar-refractivity contribution in [2.24, 2.45) is 0 Å². The van der Waals surface area contributed by atoms with Crippen molar-refractivity contribution in [3.05, 3.63) is 35.4 Å². The van der Waals surface area contributed by atoms with Gasteiger partial charge in [0, 0.05) is 18.4 Å². The summed E-state index contributed by atoms with van der Waals surface area (Å²) in [6.07, 6.45) is 0.637. The second-order valence-electron chi connectivity index (χ2n) is 4.03. The minimum atomic E-state index is -0.168. The predicted molar refractivity (Wildman–Crippen MR) is 65.2 cm³/mol. The van der Waals surface area contributed by atoms with Crippen molar-refractivity contribution in [3.63, 3.8) is 0 Å². The Balaban J connectivity index is 2.06. The van der Waals surface area contributed by atoms with Crippen LogP contribution < -0.4 is 0 Å². The largest absolute Gasteiger partial charge is 0.384 e. The minimum Gasteiger partial charge on any atom is -0.384 e. The summed E-state index contributed by atoms with van der Waals surface area (Å²) in [5.74, 6) is 5.13. The maximum atomic E-state index is 11.5. The van der Waals surface area contributed by atoms with Crippen molar-refractivity contribution in [2.75, 3.05) is 6.61 Å². The fourth-order valence-corrected chi connectivity index (χ4v) is 1.82. The molecule has 1 aromatic carbocycles. The lowest BCUT2D eigenvalue weighted by molar-refractivity contribution is -0.139. The average Bonchev–Trinajstić information content (AvgIpc) is 2.70. The van der Waals surface area contributed by atoms with Gasteiger partial charge in [0.15, 0.2) is 0 Å². The van der Waals surface area contributed by atoms with E-state index in [0.29, 0.717) is 19.4 Å². The third-order valence-electron chi connectivity index (χ3n) is 2.76. The first kappa shape index (κ1) is 12.3. The summed E-state index contributed by atoms with van der Waals surface area (Å²) in [5.41, 5.74) is 1.69. The Morgan fingerprint density at radius 3 is 2.28 bits per heavy atom. The molecule has 1 aliphatic rings. The molecule has 4 heteroatoms. The monoisotopic (exact) mass is 243 g/mol. The third kappa shape index (κ3) is 2.76. The smallest absolute Gasteiger partial charge is 0.229 e. The molecule has 18 heavy (non-hydrogen) atoms. The van der Waals surface area contributed by atoms with E-state index in [4.69, 9.17) is 5.11 Å². The molecular weight excluding hydrogens is 230 g/mol. The van der Waals surface area contributed by atoms with E-state index in [1.165, 1.54) is 4.90 Å². The molecule has 1 fully saturated rings. The van der Waals surface area contributed by atoms with E-state index in [-0.39, 0.29) is 18.4 Å². The normalized spacial score (nSPS) is 14.6. The molecule has 0 bridgehead atoms. The Labute approximate surface area is 105 Å².